The third-order valence-electron chi connectivity index (χ3n) is 2.51. The Morgan fingerprint density at radius 1 is 1.41 bits per heavy atom. The van der Waals surface area contributed by atoms with Gasteiger partial charge < -0.3 is 5.73 Å². The minimum Gasteiger partial charge on any atom is -0.366 e. The van der Waals surface area contributed by atoms with Crippen LogP contribution in [0.1, 0.15) is 16.8 Å². The fraction of sp³-hybridized carbons (Fsp3) is 0.182. The van der Waals surface area contributed by atoms with E-state index < -0.39 is 11.2 Å². The van der Waals surface area contributed by atoms with E-state index in [0.717, 1.165) is 4.90 Å². The normalized spacial score (nSPS) is 19.8. The summed E-state index contributed by atoms with van der Waals surface area (Å²) in [5, 5.41) is -0.611. The molecule has 2 rings (SSSR count). The number of thiol groups is 1. The average Bonchev–Trinajstić information content (AvgIpc) is 2.53. The first-order valence-electron chi connectivity index (χ1n) is 4.95. The first-order chi connectivity index (χ1) is 8.00. The number of hydrogen-bond donors (Lipinski definition) is 2. The Bertz CT molecular complexity index is 515. The molecule has 1 atom stereocenters. The molecule has 1 aromatic rings. The standard InChI is InChI=1S/C11H10N2O3S/c12-10(15)6-2-1-3-7(4-6)13-9(14)5-8(17)11(13)16/h1-4,8,17H,5H2,(H2,12,15). The second kappa shape index (κ2) is 4.21. The molecule has 0 bridgehead atoms. The van der Waals surface area contributed by atoms with E-state index in [1.165, 1.54) is 12.1 Å². The lowest BCUT2D eigenvalue weighted by Crippen LogP contribution is -2.30. The largest absolute Gasteiger partial charge is 0.366 e. The van der Waals surface area contributed by atoms with Crippen LogP contribution in [0.3, 0.4) is 0 Å². The second-order valence-electron chi connectivity index (χ2n) is 3.70. The van der Waals surface area contributed by atoms with Gasteiger partial charge in [-0.25, -0.2) is 4.90 Å². The molecule has 17 heavy (non-hydrogen) atoms. The van der Waals surface area contributed by atoms with Gasteiger partial charge in [-0.05, 0) is 18.2 Å². The maximum absolute atomic E-state index is 11.7. The summed E-state index contributed by atoms with van der Waals surface area (Å²) in [5.74, 6) is -1.30. The molecular weight excluding hydrogens is 240 g/mol. The van der Waals surface area contributed by atoms with Crippen molar-refractivity contribution >= 4 is 36.0 Å². The zero-order valence-electron chi connectivity index (χ0n) is 8.79. The zero-order valence-corrected chi connectivity index (χ0v) is 9.68. The van der Waals surface area contributed by atoms with Gasteiger partial charge in [-0.1, -0.05) is 6.07 Å². The van der Waals surface area contributed by atoms with E-state index in [2.05, 4.69) is 12.6 Å². The van der Waals surface area contributed by atoms with Crippen molar-refractivity contribution in [3.8, 4) is 0 Å². The molecule has 1 saturated heterocycles. The van der Waals surface area contributed by atoms with Gasteiger partial charge in [-0.2, -0.15) is 12.6 Å². The van der Waals surface area contributed by atoms with Crippen LogP contribution >= 0.6 is 12.6 Å². The number of benzene rings is 1. The van der Waals surface area contributed by atoms with Gasteiger partial charge >= 0.3 is 0 Å². The predicted molar refractivity (Wildman–Crippen MR) is 64.8 cm³/mol. The van der Waals surface area contributed by atoms with Crippen molar-refractivity contribution in [2.24, 2.45) is 5.73 Å². The lowest BCUT2D eigenvalue weighted by molar-refractivity contribution is -0.121. The topological polar surface area (TPSA) is 80.5 Å². The maximum atomic E-state index is 11.7. The van der Waals surface area contributed by atoms with Gasteiger partial charge in [0.1, 0.15) is 0 Å². The van der Waals surface area contributed by atoms with Crippen molar-refractivity contribution in [3.05, 3.63) is 29.8 Å². The number of amides is 3. The number of carbonyl (C=O) groups is 3. The van der Waals surface area contributed by atoms with E-state index in [1.54, 1.807) is 12.1 Å². The van der Waals surface area contributed by atoms with Crippen molar-refractivity contribution in [2.75, 3.05) is 4.90 Å². The number of hydrogen-bond acceptors (Lipinski definition) is 4. The number of nitrogens with zero attached hydrogens (tertiary/aromatic N) is 1. The smallest absolute Gasteiger partial charge is 0.248 e. The van der Waals surface area contributed by atoms with Crippen molar-refractivity contribution in [1.29, 1.82) is 0 Å². The molecule has 1 aliphatic rings. The molecule has 0 aromatic heterocycles. The highest BCUT2D eigenvalue weighted by Gasteiger charge is 2.37. The molecule has 0 spiro atoms. The van der Waals surface area contributed by atoms with E-state index in [4.69, 9.17) is 5.73 Å². The molecule has 2 N–H and O–H groups in total. The van der Waals surface area contributed by atoms with Gasteiger partial charge in [0, 0.05) is 12.0 Å². The molecule has 0 radical (unpaired) electrons. The van der Waals surface area contributed by atoms with Crippen LogP contribution in [0.15, 0.2) is 24.3 Å². The molecule has 3 amide bonds. The van der Waals surface area contributed by atoms with Gasteiger partial charge in [0.25, 0.3) is 0 Å². The molecule has 0 saturated carbocycles. The molecule has 1 aliphatic heterocycles. The van der Waals surface area contributed by atoms with Crippen LogP contribution in [-0.4, -0.2) is 23.0 Å². The Balaban J connectivity index is 2.40. The third-order valence-corrected chi connectivity index (χ3v) is 2.92. The summed E-state index contributed by atoms with van der Waals surface area (Å²) >= 11 is 4.02. The van der Waals surface area contributed by atoms with Gasteiger partial charge in [-0.3, -0.25) is 14.4 Å². The summed E-state index contributed by atoms with van der Waals surface area (Å²) < 4.78 is 0. The van der Waals surface area contributed by atoms with Crippen LogP contribution in [0.2, 0.25) is 0 Å². The Labute approximate surface area is 103 Å². The second-order valence-corrected chi connectivity index (χ2v) is 4.33. The molecule has 88 valence electrons. The summed E-state index contributed by atoms with van der Waals surface area (Å²) in [6.45, 7) is 0. The number of imide groups is 1. The summed E-state index contributed by atoms with van der Waals surface area (Å²) in [6.07, 6.45) is 0.0722. The highest BCUT2D eigenvalue weighted by Crippen LogP contribution is 2.25. The van der Waals surface area contributed by atoms with E-state index >= 15 is 0 Å². The molecule has 1 unspecified atom stereocenters. The lowest BCUT2D eigenvalue weighted by atomic mass is 10.2. The van der Waals surface area contributed by atoms with Crippen LogP contribution in [0.25, 0.3) is 0 Å². The summed E-state index contributed by atoms with van der Waals surface area (Å²) in [6, 6.07) is 6.09. The van der Waals surface area contributed by atoms with Crippen molar-refractivity contribution in [3.63, 3.8) is 0 Å². The van der Waals surface area contributed by atoms with Gasteiger partial charge in [0.05, 0.1) is 10.9 Å². The van der Waals surface area contributed by atoms with E-state index in [1.807, 2.05) is 0 Å². The highest BCUT2D eigenvalue weighted by molar-refractivity contribution is 7.82. The van der Waals surface area contributed by atoms with Crippen LogP contribution < -0.4 is 10.6 Å². The summed E-state index contributed by atoms with van der Waals surface area (Å²) in [4.78, 5) is 35.4. The van der Waals surface area contributed by atoms with Gasteiger partial charge in [0.2, 0.25) is 17.7 Å². The maximum Gasteiger partial charge on any atom is 0.248 e. The van der Waals surface area contributed by atoms with E-state index in [-0.39, 0.29) is 23.8 Å². The van der Waals surface area contributed by atoms with Gasteiger partial charge in [0.15, 0.2) is 0 Å². The number of anilines is 1. The molecular formula is C11H10N2O3S. The van der Waals surface area contributed by atoms with Gasteiger partial charge in [-0.15, -0.1) is 0 Å². The first-order valence-corrected chi connectivity index (χ1v) is 5.47. The SMILES string of the molecule is NC(=O)c1cccc(N2C(=O)CC(S)C2=O)c1. The van der Waals surface area contributed by atoms with E-state index in [0.29, 0.717) is 5.69 Å². The van der Waals surface area contributed by atoms with Crippen LogP contribution in [0, 0.1) is 0 Å². The number of primary amides is 1. The zero-order chi connectivity index (χ0) is 12.6. The highest BCUT2D eigenvalue weighted by atomic mass is 32.1. The monoisotopic (exact) mass is 250 g/mol. The minimum absolute atomic E-state index is 0.0722. The Morgan fingerprint density at radius 2 is 2.12 bits per heavy atom. The summed E-state index contributed by atoms with van der Waals surface area (Å²) in [7, 11) is 0. The molecule has 0 aliphatic carbocycles. The Hall–Kier alpha value is -1.82. The number of carbonyl (C=O) groups excluding carboxylic acids is 3. The molecule has 5 nitrogen and oxygen atoms in total. The molecule has 6 heteroatoms. The fourth-order valence-corrected chi connectivity index (χ4v) is 1.96. The number of nitrogens with two attached hydrogens (primary N) is 1. The van der Waals surface area contributed by atoms with Crippen molar-refractivity contribution in [2.45, 2.75) is 11.7 Å². The molecule has 1 aromatic carbocycles. The quantitative estimate of drug-likeness (QED) is 0.587. The molecule has 1 fully saturated rings. The Kier molecular flexibility index (Phi) is 2.89. The Morgan fingerprint density at radius 3 is 2.65 bits per heavy atom. The fourth-order valence-electron chi connectivity index (χ4n) is 1.69. The first kappa shape index (κ1) is 11.7. The third kappa shape index (κ3) is 2.03. The van der Waals surface area contributed by atoms with Crippen LogP contribution in [0.5, 0.6) is 0 Å². The van der Waals surface area contributed by atoms with Crippen LogP contribution in [-0.2, 0) is 9.59 Å². The van der Waals surface area contributed by atoms with Crippen LogP contribution in [0.4, 0.5) is 5.69 Å². The summed E-state index contributed by atoms with van der Waals surface area (Å²) in [5.41, 5.74) is 5.75. The lowest BCUT2D eigenvalue weighted by Gasteiger charge is -2.14. The predicted octanol–water partition coefficient (Wildman–Crippen LogP) is 0.347. The van der Waals surface area contributed by atoms with Crippen molar-refractivity contribution in [1.82, 2.24) is 0 Å². The van der Waals surface area contributed by atoms with Crippen molar-refractivity contribution < 1.29 is 14.4 Å². The average molecular weight is 250 g/mol. The minimum atomic E-state index is -0.611. The number of rotatable bonds is 2. The van der Waals surface area contributed by atoms with E-state index in [9.17, 15) is 14.4 Å². The molecule has 1 heterocycles.